The van der Waals surface area contributed by atoms with E-state index < -0.39 is 30.1 Å². The summed E-state index contributed by atoms with van der Waals surface area (Å²) >= 11 is 6.28. The number of nitrogens with zero attached hydrogens (tertiary/aromatic N) is 1. The standard InChI is InChI=1S/C22H20FN3O6S2/c1-30-15-8-12(9-16(31-2)19(15)32-3)10-17-21(29)26(22(33)34-17)11-18(27)24-25-20(28)13-4-6-14(23)7-5-13/h4-10H,11H2,1-3H3,(H,24,27)(H,25,28). The van der Waals surface area contributed by atoms with Gasteiger partial charge in [-0.1, -0.05) is 24.0 Å². The normalized spacial score (nSPS) is 14.2. The van der Waals surface area contributed by atoms with Crippen molar-refractivity contribution >= 4 is 52.1 Å². The number of thiocarbonyl (C=S) groups is 1. The second-order valence-corrected chi connectivity index (χ2v) is 8.41. The number of nitrogens with one attached hydrogen (secondary N) is 2. The fourth-order valence-electron chi connectivity index (χ4n) is 2.96. The highest BCUT2D eigenvalue weighted by atomic mass is 32.2. The molecule has 0 aliphatic carbocycles. The maximum absolute atomic E-state index is 13.0. The lowest BCUT2D eigenvalue weighted by Gasteiger charge is -2.14. The van der Waals surface area contributed by atoms with Crippen molar-refractivity contribution in [3.8, 4) is 17.2 Å². The first-order valence-corrected chi connectivity index (χ1v) is 10.9. The fourth-order valence-corrected chi connectivity index (χ4v) is 4.21. The van der Waals surface area contributed by atoms with Gasteiger partial charge in [0.2, 0.25) is 5.75 Å². The average molecular weight is 506 g/mol. The zero-order valence-electron chi connectivity index (χ0n) is 18.3. The van der Waals surface area contributed by atoms with Gasteiger partial charge >= 0.3 is 0 Å². The van der Waals surface area contributed by atoms with Crippen LogP contribution in [0.4, 0.5) is 4.39 Å². The maximum Gasteiger partial charge on any atom is 0.269 e. The number of hydrogen-bond donors (Lipinski definition) is 2. The maximum atomic E-state index is 13.0. The van der Waals surface area contributed by atoms with Gasteiger partial charge in [-0.2, -0.15) is 0 Å². The number of rotatable bonds is 7. The monoisotopic (exact) mass is 505 g/mol. The lowest BCUT2D eigenvalue weighted by molar-refractivity contribution is -0.129. The third kappa shape index (κ3) is 5.64. The number of thioether (sulfide) groups is 1. The van der Waals surface area contributed by atoms with E-state index >= 15 is 0 Å². The highest BCUT2D eigenvalue weighted by Gasteiger charge is 2.33. The Balaban J connectivity index is 1.67. The second kappa shape index (κ2) is 11.0. The highest BCUT2D eigenvalue weighted by Crippen LogP contribution is 2.40. The molecule has 2 N–H and O–H groups in total. The van der Waals surface area contributed by atoms with Gasteiger partial charge in [-0.25, -0.2) is 4.39 Å². The molecule has 2 aromatic rings. The number of methoxy groups -OCH3 is 3. The summed E-state index contributed by atoms with van der Waals surface area (Å²) in [6.07, 6.45) is 1.60. The molecule has 0 unspecified atom stereocenters. The van der Waals surface area contributed by atoms with Crippen LogP contribution < -0.4 is 25.1 Å². The van der Waals surface area contributed by atoms with Crippen LogP contribution >= 0.6 is 24.0 Å². The Kier molecular flexibility index (Phi) is 8.08. The van der Waals surface area contributed by atoms with Gasteiger partial charge in [0.05, 0.1) is 26.2 Å². The Morgan fingerprint density at radius 1 is 1.06 bits per heavy atom. The summed E-state index contributed by atoms with van der Waals surface area (Å²) in [5.74, 6) is -1.02. The number of benzene rings is 2. The summed E-state index contributed by atoms with van der Waals surface area (Å²) in [5.41, 5.74) is 5.17. The van der Waals surface area contributed by atoms with Crippen molar-refractivity contribution in [1.82, 2.24) is 15.8 Å². The number of halogens is 1. The van der Waals surface area contributed by atoms with Gasteiger partial charge in [-0.15, -0.1) is 0 Å². The van der Waals surface area contributed by atoms with Gasteiger partial charge in [0, 0.05) is 5.56 Å². The van der Waals surface area contributed by atoms with E-state index in [-0.39, 0.29) is 9.88 Å². The number of hydrogen-bond acceptors (Lipinski definition) is 8. The molecule has 9 nitrogen and oxygen atoms in total. The molecule has 1 aliphatic rings. The van der Waals surface area contributed by atoms with Gasteiger partial charge in [-0.05, 0) is 48.0 Å². The first kappa shape index (κ1) is 25.0. The second-order valence-electron chi connectivity index (χ2n) is 6.74. The van der Waals surface area contributed by atoms with E-state index in [1.165, 1.54) is 33.5 Å². The van der Waals surface area contributed by atoms with Crippen molar-refractivity contribution in [3.63, 3.8) is 0 Å². The van der Waals surface area contributed by atoms with E-state index in [4.69, 9.17) is 26.4 Å². The van der Waals surface area contributed by atoms with Crippen molar-refractivity contribution in [3.05, 3.63) is 58.2 Å². The molecule has 0 radical (unpaired) electrons. The fraction of sp³-hybridized carbons (Fsp3) is 0.182. The minimum atomic E-state index is -0.666. The Morgan fingerprint density at radius 2 is 1.68 bits per heavy atom. The Bertz CT molecular complexity index is 1140. The van der Waals surface area contributed by atoms with E-state index in [1.54, 1.807) is 18.2 Å². The molecule has 0 saturated carbocycles. The molecule has 1 fully saturated rings. The molecule has 0 aromatic heterocycles. The molecule has 1 aliphatic heterocycles. The topological polar surface area (TPSA) is 106 Å². The Hall–Kier alpha value is -3.64. The molecule has 178 valence electrons. The molecule has 12 heteroatoms. The molecular weight excluding hydrogens is 485 g/mol. The molecule has 1 heterocycles. The van der Waals surface area contributed by atoms with Gasteiger partial charge in [-0.3, -0.25) is 30.1 Å². The van der Waals surface area contributed by atoms with Gasteiger partial charge in [0.1, 0.15) is 16.7 Å². The first-order chi connectivity index (χ1) is 16.3. The van der Waals surface area contributed by atoms with E-state index in [1.807, 2.05) is 0 Å². The third-order valence-electron chi connectivity index (χ3n) is 4.58. The van der Waals surface area contributed by atoms with Crippen molar-refractivity contribution in [2.24, 2.45) is 0 Å². The van der Waals surface area contributed by atoms with Crippen LogP contribution in [-0.4, -0.2) is 54.8 Å². The van der Waals surface area contributed by atoms with E-state index in [9.17, 15) is 18.8 Å². The van der Waals surface area contributed by atoms with Crippen LogP contribution in [0.2, 0.25) is 0 Å². The highest BCUT2D eigenvalue weighted by molar-refractivity contribution is 8.26. The quantitative estimate of drug-likeness (QED) is 0.336. The van der Waals surface area contributed by atoms with Crippen LogP contribution in [0.15, 0.2) is 41.3 Å². The lowest BCUT2D eigenvalue weighted by atomic mass is 10.1. The molecule has 1 saturated heterocycles. The Morgan fingerprint density at radius 3 is 2.24 bits per heavy atom. The zero-order valence-corrected chi connectivity index (χ0v) is 20.0. The number of hydrazine groups is 1. The van der Waals surface area contributed by atoms with Crippen LogP contribution in [0.3, 0.4) is 0 Å². The van der Waals surface area contributed by atoms with Crippen LogP contribution in [0.5, 0.6) is 17.2 Å². The minimum absolute atomic E-state index is 0.153. The van der Waals surface area contributed by atoms with Crippen LogP contribution in [0.25, 0.3) is 6.08 Å². The van der Waals surface area contributed by atoms with Crippen LogP contribution in [0.1, 0.15) is 15.9 Å². The number of ether oxygens (including phenoxy) is 3. The predicted octanol–water partition coefficient (Wildman–Crippen LogP) is 2.51. The van der Waals surface area contributed by atoms with E-state index in [0.29, 0.717) is 27.7 Å². The van der Waals surface area contributed by atoms with Gasteiger partial charge < -0.3 is 14.2 Å². The van der Waals surface area contributed by atoms with Crippen molar-refractivity contribution in [2.75, 3.05) is 27.9 Å². The van der Waals surface area contributed by atoms with Crippen molar-refractivity contribution in [1.29, 1.82) is 0 Å². The molecule has 3 amide bonds. The van der Waals surface area contributed by atoms with E-state index in [2.05, 4.69) is 10.9 Å². The zero-order chi connectivity index (χ0) is 24.8. The molecule has 34 heavy (non-hydrogen) atoms. The summed E-state index contributed by atoms with van der Waals surface area (Å²) in [6.45, 7) is -0.402. The van der Waals surface area contributed by atoms with Gasteiger partial charge in [0.25, 0.3) is 17.7 Å². The smallest absolute Gasteiger partial charge is 0.269 e. The minimum Gasteiger partial charge on any atom is -0.493 e. The summed E-state index contributed by atoms with van der Waals surface area (Å²) < 4.78 is 29.1. The third-order valence-corrected chi connectivity index (χ3v) is 5.96. The summed E-state index contributed by atoms with van der Waals surface area (Å²) in [4.78, 5) is 38.5. The summed E-state index contributed by atoms with van der Waals surface area (Å²) in [6, 6.07) is 8.13. The molecule has 2 aromatic carbocycles. The van der Waals surface area contributed by atoms with Crippen molar-refractivity contribution < 1.29 is 33.0 Å². The molecule has 0 bridgehead atoms. The van der Waals surface area contributed by atoms with Crippen molar-refractivity contribution in [2.45, 2.75) is 0 Å². The largest absolute Gasteiger partial charge is 0.493 e. The number of carbonyl (C=O) groups is 3. The molecule has 0 spiro atoms. The summed E-state index contributed by atoms with van der Waals surface area (Å²) in [7, 11) is 4.44. The van der Waals surface area contributed by atoms with Crippen LogP contribution in [-0.2, 0) is 9.59 Å². The van der Waals surface area contributed by atoms with E-state index in [0.717, 1.165) is 28.8 Å². The summed E-state index contributed by atoms with van der Waals surface area (Å²) in [5, 5.41) is 0. The first-order valence-electron chi connectivity index (χ1n) is 9.67. The average Bonchev–Trinajstić information content (AvgIpc) is 3.09. The number of carbonyl (C=O) groups excluding carboxylic acids is 3. The molecule has 3 rings (SSSR count). The van der Waals surface area contributed by atoms with Gasteiger partial charge in [0.15, 0.2) is 11.5 Å². The molecular formula is C22H20FN3O6S2. The number of amides is 3. The van der Waals surface area contributed by atoms with Crippen LogP contribution in [0, 0.1) is 5.82 Å². The Labute approximate surface area is 204 Å². The molecule has 0 atom stereocenters. The SMILES string of the molecule is COc1cc(C=C2SC(=S)N(CC(=O)NNC(=O)c3ccc(F)cc3)C2=O)cc(OC)c1OC. The predicted molar refractivity (Wildman–Crippen MR) is 128 cm³/mol. The lowest BCUT2D eigenvalue weighted by Crippen LogP contribution is -2.47.